The van der Waals surface area contributed by atoms with Gasteiger partial charge in [-0.15, -0.1) is 0 Å². The molecule has 0 fully saturated rings. The van der Waals surface area contributed by atoms with Crippen LogP contribution in [0, 0.1) is 5.92 Å². The second kappa shape index (κ2) is 11.7. The van der Waals surface area contributed by atoms with Gasteiger partial charge in [-0.25, -0.2) is 0 Å². The molecule has 0 radical (unpaired) electrons. The molecule has 0 aromatic heterocycles. The van der Waals surface area contributed by atoms with E-state index >= 15 is 0 Å². The van der Waals surface area contributed by atoms with Crippen molar-refractivity contribution in [3.8, 4) is 0 Å². The quantitative estimate of drug-likeness (QED) is 0.232. The van der Waals surface area contributed by atoms with Gasteiger partial charge in [0.1, 0.15) is 0 Å². The first kappa shape index (κ1) is 17.6. The van der Waals surface area contributed by atoms with Gasteiger partial charge in [0, 0.05) is 15.9 Å². The van der Waals surface area contributed by atoms with E-state index in [1.54, 1.807) is 7.11 Å². The van der Waals surface area contributed by atoms with Crippen LogP contribution in [-0.2, 0) is 4.52 Å². The summed E-state index contributed by atoms with van der Waals surface area (Å²) in [4.78, 5) is 0. The monoisotopic (exact) mass is 268 g/mol. The highest BCUT2D eigenvalue weighted by Crippen LogP contribution is 2.16. The van der Waals surface area contributed by atoms with E-state index in [2.05, 4.69) is 52.0 Å². The summed E-state index contributed by atoms with van der Waals surface area (Å²) in [6, 6.07) is 0. The van der Waals surface area contributed by atoms with E-state index in [9.17, 15) is 0 Å². The standard InChI is InChI=1S/C16H29OP/c1-14(2)8-6-9-15(3)10-7-11-16(4)12-13-18-17-5/h7-8,10-11,16,18H,6,9,12-13H2,1-5H3/b11-7+,15-10+. The van der Waals surface area contributed by atoms with Crippen LogP contribution in [0.3, 0.4) is 0 Å². The van der Waals surface area contributed by atoms with E-state index in [0.29, 0.717) is 14.7 Å². The lowest BCUT2D eigenvalue weighted by Gasteiger charge is -2.04. The predicted molar refractivity (Wildman–Crippen MR) is 85.5 cm³/mol. The van der Waals surface area contributed by atoms with Crippen LogP contribution in [-0.4, -0.2) is 13.3 Å². The smallest absolute Gasteiger partial charge is 0.0394 e. The van der Waals surface area contributed by atoms with Crippen molar-refractivity contribution >= 4 is 8.81 Å². The Bertz CT molecular complexity index is 285. The molecule has 0 saturated carbocycles. The maximum atomic E-state index is 5.08. The first-order valence-electron chi connectivity index (χ1n) is 6.79. The third kappa shape index (κ3) is 12.1. The third-order valence-electron chi connectivity index (χ3n) is 2.76. The Morgan fingerprint density at radius 2 is 2.00 bits per heavy atom. The summed E-state index contributed by atoms with van der Waals surface area (Å²) < 4.78 is 5.08. The van der Waals surface area contributed by atoms with E-state index in [1.807, 2.05) is 0 Å². The first-order valence-corrected chi connectivity index (χ1v) is 7.91. The molecule has 2 heteroatoms. The van der Waals surface area contributed by atoms with Crippen LogP contribution in [0.5, 0.6) is 0 Å². The largest absolute Gasteiger partial charge is 0.366 e. The van der Waals surface area contributed by atoms with E-state index in [4.69, 9.17) is 4.52 Å². The van der Waals surface area contributed by atoms with Crippen LogP contribution < -0.4 is 0 Å². The van der Waals surface area contributed by atoms with Gasteiger partial charge in [0.25, 0.3) is 0 Å². The molecular formula is C16H29OP. The maximum absolute atomic E-state index is 5.08. The molecule has 0 N–H and O–H groups in total. The number of rotatable bonds is 9. The predicted octanol–water partition coefficient (Wildman–Crippen LogP) is 5.50. The van der Waals surface area contributed by atoms with E-state index in [0.717, 1.165) is 12.8 Å². The molecule has 2 unspecified atom stereocenters. The number of allylic oxidation sites excluding steroid dienone is 6. The minimum atomic E-state index is 0.648. The Kier molecular flexibility index (Phi) is 11.4. The number of hydrogen-bond acceptors (Lipinski definition) is 1. The molecule has 0 aliphatic carbocycles. The Morgan fingerprint density at radius 1 is 1.28 bits per heavy atom. The summed E-state index contributed by atoms with van der Waals surface area (Å²) in [6.07, 6.45) is 13.8. The molecule has 0 aromatic rings. The summed E-state index contributed by atoms with van der Waals surface area (Å²) in [5.74, 6) is 0.648. The van der Waals surface area contributed by atoms with Crippen molar-refractivity contribution in [1.29, 1.82) is 0 Å². The van der Waals surface area contributed by atoms with Gasteiger partial charge in [0.2, 0.25) is 0 Å². The molecule has 0 aliphatic heterocycles. The minimum Gasteiger partial charge on any atom is -0.366 e. The van der Waals surface area contributed by atoms with Crippen molar-refractivity contribution in [3.05, 3.63) is 35.5 Å². The summed E-state index contributed by atoms with van der Waals surface area (Å²) in [5.41, 5.74) is 2.86. The molecule has 2 atom stereocenters. The second-order valence-electron chi connectivity index (χ2n) is 5.08. The van der Waals surface area contributed by atoms with Crippen LogP contribution in [0.15, 0.2) is 35.5 Å². The molecule has 0 saturated heterocycles. The molecule has 0 heterocycles. The Hall–Kier alpha value is -0.390. The lowest BCUT2D eigenvalue weighted by Crippen LogP contribution is -1.90. The maximum Gasteiger partial charge on any atom is 0.0394 e. The van der Waals surface area contributed by atoms with Crippen LogP contribution in [0.4, 0.5) is 0 Å². The highest BCUT2D eigenvalue weighted by Gasteiger charge is 1.95. The molecule has 0 aromatic carbocycles. The van der Waals surface area contributed by atoms with Crippen molar-refractivity contribution in [2.45, 2.75) is 47.0 Å². The van der Waals surface area contributed by atoms with Crippen LogP contribution in [0.25, 0.3) is 0 Å². The van der Waals surface area contributed by atoms with Crippen molar-refractivity contribution in [3.63, 3.8) is 0 Å². The number of hydrogen-bond donors (Lipinski definition) is 0. The van der Waals surface area contributed by atoms with Gasteiger partial charge in [-0.05, 0) is 52.1 Å². The van der Waals surface area contributed by atoms with Gasteiger partial charge in [0.15, 0.2) is 0 Å². The summed E-state index contributed by atoms with van der Waals surface area (Å²) in [6.45, 7) is 8.78. The molecule has 0 amide bonds. The van der Waals surface area contributed by atoms with Crippen molar-refractivity contribution in [2.75, 3.05) is 13.3 Å². The van der Waals surface area contributed by atoms with E-state index in [-0.39, 0.29) is 0 Å². The Balaban J connectivity index is 3.85. The van der Waals surface area contributed by atoms with Crippen molar-refractivity contribution in [2.24, 2.45) is 5.92 Å². The average molecular weight is 268 g/mol. The fourth-order valence-corrected chi connectivity index (χ4v) is 2.34. The molecule has 104 valence electrons. The normalized spacial score (nSPS) is 14.6. The zero-order chi connectivity index (χ0) is 13.8. The van der Waals surface area contributed by atoms with E-state index in [1.165, 1.54) is 23.7 Å². The fourth-order valence-electron chi connectivity index (χ4n) is 1.57. The lowest BCUT2D eigenvalue weighted by molar-refractivity contribution is 0.472. The molecule has 0 rings (SSSR count). The summed E-state index contributed by atoms with van der Waals surface area (Å²) >= 11 is 0. The van der Waals surface area contributed by atoms with E-state index < -0.39 is 0 Å². The zero-order valence-electron chi connectivity index (χ0n) is 12.6. The van der Waals surface area contributed by atoms with Gasteiger partial charge in [-0.1, -0.05) is 42.4 Å². The molecule has 18 heavy (non-hydrogen) atoms. The summed E-state index contributed by atoms with van der Waals surface area (Å²) in [5, 5.41) is 0. The van der Waals surface area contributed by atoms with Gasteiger partial charge in [0.05, 0.1) is 0 Å². The van der Waals surface area contributed by atoms with Crippen LogP contribution >= 0.6 is 8.81 Å². The SMILES string of the molecule is COPCCC(C)/C=C/C=C(\C)CCC=C(C)C. The molecule has 0 aliphatic rings. The highest BCUT2D eigenvalue weighted by atomic mass is 31.1. The van der Waals surface area contributed by atoms with Crippen molar-refractivity contribution < 1.29 is 4.52 Å². The Morgan fingerprint density at radius 3 is 2.61 bits per heavy atom. The molecule has 1 nitrogen and oxygen atoms in total. The fraction of sp³-hybridized carbons (Fsp3) is 0.625. The van der Waals surface area contributed by atoms with Gasteiger partial charge >= 0.3 is 0 Å². The lowest BCUT2D eigenvalue weighted by atomic mass is 10.1. The highest BCUT2D eigenvalue weighted by molar-refractivity contribution is 7.32. The van der Waals surface area contributed by atoms with Gasteiger partial charge in [-0.2, -0.15) is 0 Å². The first-order chi connectivity index (χ1) is 8.56. The van der Waals surface area contributed by atoms with Gasteiger partial charge < -0.3 is 4.52 Å². The van der Waals surface area contributed by atoms with Gasteiger partial charge in [-0.3, -0.25) is 0 Å². The topological polar surface area (TPSA) is 9.23 Å². The minimum absolute atomic E-state index is 0.648. The average Bonchev–Trinajstić information content (AvgIpc) is 2.29. The molecular weight excluding hydrogens is 239 g/mol. The van der Waals surface area contributed by atoms with Crippen LogP contribution in [0.1, 0.15) is 47.0 Å². The zero-order valence-corrected chi connectivity index (χ0v) is 13.6. The second-order valence-corrected chi connectivity index (χ2v) is 6.28. The molecule has 0 bridgehead atoms. The van der Waals surface area contributed by atoms with Crippen LogP contribution in [0.2, 0.25) is 0 Å². The Labute approximate surface area is 115 Å². The third-order valence-corrected chi connectivity index (χ3v) is 3.54. The van der Waals surface area contributed by atoms with Crippen molar-refractivity contribution in [1.82, 2.24) is 0 Å². The summed E-state index contributed by atoms with van der Waals surface area (Å²) in [7, 11) is 2.42. The molecule has 0 spiro atoms.